The van der Waals surface area contributed by atoms with Gasteiger partial charge in [0.15, 0.2) is 5.65 Å². The van der Waals surface area contributed by atoms with Gasteiger partial charge >= 0.3 is 0 Å². The van der Waals surface area contributed by atoms with Gasteiger partial charge in [-0.25, -0.2) is 14.6 Å². The quantitative estimate of drug-likeness (QED) is 0.715. The number of hydrogen-bond acceptors (Lipinski definition) is 5. The van der Waals surface area contributed by atoms with Gasteiger partial charge in [0.1, 0.15) is 17.9 Å². The van der Waals surface area contributed by atoms with Crippen molar-refractivity contribution in [2.75, 3.05) is 24.6 Å². The average Bonchev–Trinajstić information content (AvgIpc) is 3.06. The molecule has 0 atom stereocenters. The second-order valence-corrected chi connectivity index (χ2v) is 6.36. The zero-order valence-corrected chi connectivity index (χ0v) is 14.6. The van der Waals surface area contributed by atoms with E-state index in [1.807, 2.05) is 29.9 Å². The molecule has 0 unspecified atom stereocenters. The highest BCUT2D eigenvalue weighted by molar-refractivity contribution is 5.86. The lowest BCUT2D eigenvalue weighted by Crippen LogP contribution is -2.30. The van der Waals surface area contributed by atoms with Gasteiger partial charge in [-0.05, 0) is 43.9 Å². The Balaban J connectivity index is 1.64. The van der Waals surface area contributed by atoms with Crippen LogP contribution in [0.5, 0.6) is 5.75 Å². The summed E-state index contributed by atoms with van der Waals surface area (Å²) in [6.07, 6.45) is 7.31. The maximum Gasteiger partial charge on any atom is 0.163 e. The van der Waals surface area contributed by atoms with Gasteiger partial charge in [-0.3, -0.25) is 0 Å². The van der Waals surface area contributed by atoms with E-state index in [1.54, 1.807) is 6.33 Å². The van der Waals surface area contributed by atoms with Crippen LogP contribution in [0.3, 0.4) is 0 Å². The van der Waals surface area contributed by atoms with Crippen molar-refractivity contribution in [3.8, 4) is 5.75 Å². The number of benzene rings is 1. The first-order valence-corrected chi connectivity index (χ1v) is 8.98. The first-order chi connectivity index (χ1) is 12.3. The SMILES string of the molecule is CCOc1cccc(Cn2ncc3c(N4CCCCC4)ncnc32)c1. The van der Waals surface area contributed by atoms with Gasteiger partial charge in [-0.15, -0.1) is 0 Å². The highest BCUT2D eigenvalue weighted by Crippen LogP contribution is 2.26. The number of hydrogen-bond donors (Lipinski definition) is 0. The molecule has 0 spiro atoms. The number of ether oxygens (including phenoxy) is 1. The van der Waals surface area contributed by atoms with Crippen LogP contribution in [0.4, 0.5) is 5.82 Å². The normalized spacial score (nSPS) is 14.8. The predicted molar refractivity (Wildman–Crippen MR) is 98.1 cm³/mol. The number of aromatic nitrogens is 4. The molecular weight excluding hydrogens is 314 g/mol. The first-order valence-electron chi connectivity index (χ1n) is 8.98. The molecule has 1 fully saturated rings. The minimum Gasteiger partial charge on any atom is -0.494 e. The molecule has 1 aliphatic heterocycles. The fraction of sp³-hybridized carbons (Fsp3) is 0.421. The van der Waals surface area contributed by atoms with E-state index in [2.05, 4.69) is 32.1 Å². The van der Waals surface area contributed by atoms with Crippen molar-refractivity contribution in [1.29, 1.82) is 0 Å². The van der Waals surface area contributed by atoms with Crippen LogP contribution in [0.15, 0.2) is 36.8 Å². The van der Waals surface area contributed by atoms with E-state index in [0.29, 0.717) is 13.2 Å². The van der Waals surface area contributed by atoms with Gasteiger partial charge in [0.25, 0.3) is 0 Å². The van der Waals surface area contributed by atoms with E-state index < -0.39 is 0 Å². The summed E-state index contributed by atoms with van der Waals surface area (Å²) in [4.78, 5) is 11.4. The van der Waals surface area contributed by atoms with Gasteiger partial charge in [0.05, 0.1) is 24.7 Å². The van der Waals surface area contributed by atoms with E-state index in [4.69, 9.17) is 4.74 Å². The van der Waals surface area contributed by atoms with Gasteiger partial charge in [0.2, 0.25) is 0 Å². The smallest absolute Gasteiger partial charge is 0.163 e. The van der Waals surface area contributed by atoms with E-state index in [9.17, 15) is 0 Å². The third-order valence-electron chi connectivity index (χ3n) is 4.61. The van der Waals surface area contributed by atoms with E-state index in [-0.39, 0.29) is 0 Å². The Hall–Kier alpha value is -2.63. The Morgan fingerprint density at radius 1 is 1.12 bits per heavy atom. The van der Waals surface area contributed by atoms with Crippen molar-refractivity contribution < 1.29 is 4.74 Å². The molecule has 1 aromatic carbocycles. The fourth-order valence-electron chi connectivity index (χ4n) is 3.43. The van der Waals surface area contributed by atoms with Crippen LogP contribution in [-0.2, 0) is 6.54 Å². The Morgan fingerprint density at radius 2 is 2.00 bits per heavy atom. The van der Waals surface area contributed by atoms with Crippen molar-refractivity contribution in [3.05, 3.63) is 42.4 Å². The Labute approximate surface area is 147 Å². The summed E-state index contributed by atoms with van der Waals surface area (Å²) >= 11 is 0. The minimum absolute atomic E-state index is 0.667. The molecule has 0 N–H and O–H groups in total. The monoisotopic (exact) mass is 337 g/mol. The van der Waals surface area contributed by atoms with Crippen LogP contribution in [0.25, 0.3) is 11.0 Å². The standard InChI is InChI=1S/C19H23N5O/c1-2-25-16-8-6-7-15(11-16)13-24-19-17(12-22-24)18(20-14-21-19)23-9-4-3-5-10-23/h6-8,11-12,14H,2-5,9-10,13H2,1H3. The van der Waals surface area contributed by atoms with E-state index >= 15 is 0 Å². The summed E-state index contributed by atoms with van der Waals surface area (Å²) in [5.74, 6) is 1.90. The largest absolute Gasteiger partial charge is 0.494 e. The molecular formula is C19H23N5O. The zero-order chi connectivity index (χ0) is 17.1. The van der Waals surface area contributed by atoms with Crippen molar-refractivity contribution in [1.82, 2.24) is 19.7 Å². The molecule has 2 aromatic heterocycles. The maximum absolute atomic E-state index is 5.59. The summed E-state index contributed by atoms with van der Waals surface area (Å²) < 4.78 is 7.53. The van der Waals surface area contributed by atoms with Gasteiger partial charge in [-0.1, -0.05) is 12.1 Å². The highest BCUT2D eigenvalue weighted by Gasteiger charge is 2.17. The summed E-state index contributed by atoms with van der Waals surface area (Å²) in [6, 6.07) is 8.14. The summed E-state index contributed by atoms with van der Waals surface area (Å²) in [5.41, 5.74) is 2.03. The van der Waals surface area contributed by atoms with Gasteiger partial charge < -0.3 is 9.64 Å². The molecule has 1 saturated heterocycles. The van der Waals surface area contributed by atoms with Crippen LogP contribution in [0.2, 0.25) is 0 Å². The number of rotatable bonds is 5. The lowest BCUT2D eigenvalue weighted by molar-refractivity contribution is 0.340. The van der Waals surface area contributed by atoms with Gasteiger partial charge in [0, 0.05) is 13.1 Å². The van der Waals surface area contributed by atoms with Crippen molar-refractivity contribution >= 4 is 16.9 Å². The van der Waals surface area contributed by atoms with Crippen LogP contribution in [-0.4, -0.2) is 39.4 Å². The van der Waals surface area contributed by atoms with Crippen molar-refractivity contribution in [3.63, 3.8) is 0 Å². The molecule has 25 heavy (non-hydrogen) atoms. The molecule has 0 amide bonds. The Morgan fingerprint density at radius 3 is 2.84 bits per heavy atom. The molecule has 0 aliphatic carbocycles. The molecule has 0 bridgehead atoms. The molecule has 3 heterocycles. The average molecular weight is 337 g/mol. The Kier molecular flexibility index (Phi) is 4.50. The molecule has 130 valence electrons. The Bertz CT molecular complexity index is 854. The molecule has 4 rings (SSSR count). The zero-order valence-electron chi connectivity index (χ0n) is 14.6. The molecule has 1 aliphatic rings. The highest BCUT2D eigenvalue weighted by atomic mass is 16.5. The number of fused-ring (bicyclic) bond motifs is 1. The number of anilines is 1. The molecule has 3 aromatic rings. The summed E-state index contributed by atoms with van der Waals surface area (Å²) in [7, 11) is 0. The molecule has 6 nitrogen and oxygen atoms in total. The number of nitrogens with zero attached hydrogens (tertiary/aromatic N) is 5. The second-order valence-electron chi connectivity index (χ2n) is 6.36. The van der Waals surface area contributed by atoms with Crippen molar-refractivity contribution in [2.24, 2.45) is 0 Å². The van der Waals surface area contributed by atoms with Crippen LogP contribution < -0.4 is 9.64 Å². The fourth-order valence-corrected chi connectivity index (χ4v) is 3.43. The third-order valence-corrected chi connectivity index (χ3v) is 4.61. The summed E-state index contributed by atoms with van der Waals surface area (Å²) in [5, 5.41) is 5.60. The van der Waals surface area contributed by atoms with Crippen LogP contribution in [0, 0.1) is 0 Å². The first kappa shape index (κ1) is 15.9. The molecule has 6 heteroatoms. The lowest BCUT2D eigenvalue weighted by atomic mass is 10.1. The van der Waals surface area contributed by atoms with Gasteiger partial charge in [-0.2, -0.15) is 5.10 Å². The lowest BCUT2D eigenvalue weighted by Gasteiger charge is -2.27. The molecule has 0 radical (unpaired) electrons. The predicted octanol–water partition coefficient (Wildman–Crippen LogP) is 3.26. The topological polar surface area (TPSA) is 56.1 Å². The van der Waals surface area contributed by atoms with Crippen LogP contribution in [0.1, 0.15) is 31.7 Å². The summed E-state index contributed by atoms with van der Waals surface area (Å²) in [6.45, 7) is 5.45. The van der Waals surface area contributed by atoms with Crippen LogP contribution >= 0.6 is 0 Å². The molecule has 0 saturated carbocycles. The minimum atomic E-state index is 0.667. The maximum atomic E-state index is 5.59. The van der Waals surface area contributed by atoms with E-state index in [0.717, 1.165) is 41.3 Å². The van der Waals surface area contributed by atoms with Crippen molar-refractivity contribution in [2.45, 2.75) is 32.7 Å². The number of piperidine rings is 1. The second kappa shape index (κ2) is 7.09. The van der Waals surface area contributed by atoms with E-state index in [1.165, 1.54) is 19.3 Å². The third kappa shape index (κ3) is 3.29.